The molecule has 0 aliphatic carbocycles. The van der Waals surface area contributed by atoms with Crippen LogP contribution >= 0.6 is 11.3 Å². The summed E-state index contributed by atoms with van der Waals surface area (Å²) in [6.07, 6.45) is 0.0884. The van der Waals surface area contributed by atoms with Gasteiger partial charge in [0.25, 0.3) is 0 Å². The van der Waals surface area contributed by atoms with E-state index in [1.165, 1.54) is 44.7 Å². The quantitative estimate of drug-likeness (QED) is 0.620. The molecule has 9 heteroatoms. The lowest BCUT2D eigenvalue weighted by molar-refractivity contribution is -0.115. The summed E-state index contributed by atoms with van der Waals surface area (Å²) < 4.78 is 31.3. The fourth-order valence-corrected chi connectivity index (χ4v) is 4.52. The molecule has 1 N–H and O–H groups in total. The average molecular weight is 432 g/mol. The van der Waals surface area contributed by atoms with Gasteiger partial charge in [0, 0.05) is 30.7 Å². The van der Waals surface area contributed by atoms with Crippen molar-refractivity contribution in [1.82, 2.24) is 9.29 Å². The summed E-state index contributed by atoms with van der Waals surface area (Å²) in [5.41, 5.74) is 2.02. The Labute approximate surface area is 174 Å². The van der Waals surface area contributed by atoms with E-state index in [0.29, 0.717) is 11.4 Å². The molecular formula is C20H21N3O4S2. The molecule has 0 unspecified atom stereocenters. The van der Waals surface area contributed by atoms with Gasteiger partial charge in [0.2, 0.25) is 15.9 Å². The minimum absolute atomic E-state index is 0.0113. The van der Waals surface area contributed by atoms with Crippen LogP contribution in [0.4, 0.5) is 5.69 Å². The normalized spacial score (nSPS) is 11.4. The highest BCUT2D eigenvalue weighted by molar-refractivity contribution is 7.89. The van der Waals surface area contributed by atoms with Crippen molar-refractivity contribution in [3.8, 4) is 16.3 Å². The monoisotopic (exact) mass is 431 g/mol. The van der Waals surface area contributed by atoms with Crippen molar-refractivity contribution in [2.24, 2.45) is 0 Å². The summed E-state index contributed by atoms with van der Waals surface area (Å²) in [6, 6.07) is 14.2. The third kappa shape index (κ3) is 4.81. The lowest BCUT2D eigenvalue weighted by Gasteiger charge is -2.15. The summed E-state index contributed by atoms with van der Waals surface area (Å²) in [7, 11) is 0.554. The third-order valence-corrected chi connectivity index (χ3v) is 6.90. The van der Waals surface area contributed by atoms with E-state index in [0.717, 1.165) is 14.9 Å². The smallest absolute Gasteiger partial charge is 0.246 e. The first-order valence-corrected chi connectivity index (χ1v) is 11.0. The van der Waals surface area contributed by atoms with Crippen molar-refractivity contribution in [2.75, 3.05) is 26.5 Å². The predicted molar refractivity (Wildman–Crippen MR) is 114 cm³/mol. The second-order valence-electron chi connectivity index (χ2n) is 6.39. The molecule has 7 nitrogen and oxygen atoms in total. The molecule has 1 heterocycles. The zero-order chi connectivity index (χ0) is 21.0. The number of aromatic nitrogens is 1. The largest absolute Gasteiger partial charge is 0.495 e. The molecule has 0 spiro atoms. The van der Waals surface area contributed by atoms with Crippen molar-refractivity contribution in [3.05, 3.63) is 59.6 Å². The highest BCUT2D eigenvalue weighted by Crippen LogP contribution is 2.29. The van der Waals surface area contributed by atoms with E-state index in [9.17, 15) is 13.2 Å². The number of carbonyl (C=O) groups is 1. The van der Waals surface area contributed by atoms with Gasteiger partial charge >= 0.3 is 0 Å². The molecule has 2 aromatic carbocycles. The molecule has 0 radical (unpaired) electrons. The average Bonchev–Trinajstić information content (AvgIpc) is 3.16. The van der Waals surface area contributed by atoms with Crippen molar-refractivity contribution >= 4 is 33.0 Å². The SMILES string of the molecule is COc1ccc(NC(=O)Cc2csc(-c3ccccc3)n2)cc1S(=O)(=O)N(C)C. The molecule has 3 rings (SSSR count). The van der Waals surface area contributed by atoms with Crippen LogP contribution in [0.2, 0.25) is 0 Å². The van der Waals surface area contributed by atoms with Crippen LogP contribution in [0.1, 0.15) is 5.69 Å². The molecule has 0 saturated heterocycles. The first-order chi connectivity index (χ1) is 13.8. The Kier molecular flexibility index (Phi) is 6.31. The number of anilines is 1. The molecule has 0 fully saturated rings. The Morgan fingerprint density at radius 1 is 1.17 bits per heavy atom. The van der Waals surface area contributed by atoms with E-state index in [-0.39, 0.29) is 23.0 Å². The second-order valence-corrected chi connectivity index (χ2v) is 9.37. The minimum atomic E-state index is -3.72. The standard InChI is InChI=1S/C20H21N3O4S2/c1-23(2)29(25,26)18-11-15(9-10-17(18)27-3)21-19(24)12-16-13-28-20(22-16)14-7-5-4-6-8-14/h4-11,13H,12H2,1-3H3,(H,21,24). The number of carbonyl (C=O) groups excluding carboxylic acids is 1. The van der Waals surface area contributed by atoms with Crippen LogP contribution in [0.15, 0.2) is 58.8 Å². The Bertz CT molecular complexity index is 1110. The molecule has 1 amide bonds. The number of ether oxygens (including phenoxy) is 1. The van der Waals surface area contributed by atoms with Gasteiger partial charge in [0.1, 0.15) is 15.7 Å². The van der Waals surface area contributed by atoms with Crippen LogP contribution < -0.4 is 10.1 Å². The van der Waals surface area contributed by atoms with E-state index >= 15 is 0 Å². The van der Waals surface area contributed by atoms with Crippen LogP contribution in [0, 0.1) is 0 Å². The Balaban J connectivity index is 1.75. The van der Waals surface area contributed by atoms with Gasteiger partial charge in [0.15, 0.2) is 0 Å². The summed E-state index contributed by atoms with van der Waals surface area (Å²) in [5, 5.41) is 5.42. The van der Waals surface area contributed by atoms with Gasteiger partial charge in [0.05, 0.1) is 19.2 Å². The predicted octanol–water partition coefficient (Wildman–Crippen LogP) is 3.25. The zero-order valence-corrected chi connectivity index (χ0v) is 17.9. The molecule has 152 valence electrons. The van der Waals surface area contributed by atoms with Gasteiger partial charge in [-0.05, 0) is 18.2 Å². The number of methoxy groups -OCH3 is 1. The topological polar surface area (TPSA) is 88.6 Å². The summed E-state index contributed by atoms with van der Waals surface area (Å²) in [4.78, 5) is 16.9. The molecule has 0 aliphatic rings. The van der Waals surface area contributed by atoms with E-state index in [2.05, 4.69) is 10.3 Å². The lowest BCUT2D eigenvalue weighted by Crippen LogP contribution is -2.23. The number of amides is 1. The molecule has 0 aliphatic heterocycles. The Hall–Kier alpha value is -2.75. The van der Waals surface area contributed by atoms with Crippen LogP contribution in [-0.2, 0) is 21.2 Å². The maximum atomic E-state index is 12.5. The van der Waals surface area contributed by atoms with Crippen LogP contribution in [0.3, 0.4) is 0 Å². The van der Waals surface area contributed by atoms with Gasteiger partial charge in [-0.15, -0.1) is 11.3 Å². The molecule has 3 aromatic rings. The number of rotatable bonds is 7. The van der Waals surface area contributed by atoms with Crippen molar-refractivity contribution in [2.45, 2.75) is 11.3 Å². The summed E-state index contributed by atoms with van der Waals surface area (Å²) in [5.74, 6) is -0.0722. The molecule has 0 atom stereocenters. The second kappa shape index (κ2) is 8.73. The lowest BCUT2D eigenvalue weighted by atomic mass is 10.2. The number of nitrogens with zero attached hydrogens (tertiary/aromatic N) is 2. The Morgan fingerprint density at radius 3 is 2.55 bits per heavy atom. The number of benzene rings is 2. The van der Waals surface area contributed by atoms with E-state index < -0.39 is 10.0 Å². The molecule has 29 heavy (non-hydrogen) atoms. The van der Waals surface area contributed by atoms with Gasteiger partial charge in [-0.25, -0.2) is 17.7 Å². The van der Waals surface area contributed by atoms with E-state index in [4.69, 9.17) is 4.74 Å². The Morgan fingerprint density at radius 2 is 1.90 bits per heavy atom. The number of thiazole rings is 1. The van der Waals surface area contributed by atoms with Gasteiger partial charge < -0.3 is 10.1 Å². The van der Waals surface area contributed by atoms with Gasteiger partial charge in [-0.2, -0.15) is 0 Å². The van der Waals surface area contributed by atoms with E-state index in [1.807, 2.05) is 35.7 Å². The number of nitrogens with one attached hydrogen (secondary N) is 1. The number of hydrogen-bond donors (Lipinski definition) is 1. The number of hydrogen-bond acceptors (Lipinski definition) is 6. The molecular weight excluding hydrogens is 410 g/mol. The third-order valence-electron chi connectivity index (χ3n) is 4.12. The number of sulfonamides is 1. The van der Waals surface area contributed by atoms with Crippen LogP contribution in [0.5, 0.6) is 5.75 Å². The summed E-state index contributed by atoms with van der Waals surface area (Å²) in [6.45, 7) is 0. The minimum Gasteiger partial charge on any atom is -0.495 e. The summed E-state index contributed by atoms with van der Waals surface area (Å²) >= 11 is 1.47. The molecule has 1 aromatic heterocycles. The first kappa shape index (κ1) is 21.0. The fourth-order valence-electron chi connectivity index (χ4n) is 2.62. The highest BCUT2D eigenvalue weighted by atomic mass is 32.2. The fraction of sp³-hybridized carbons (Fsp3) is 0.200. The van der Waals surface area contributed by atoms with Crippen molar-refractivity contribution in [3.63, 3.8) is 0 Å². The molecule has 0 saturated carbocycles. The maximum absolute atomic E-state index is 12.5. The molecule has 0 bridgehead atoms. The maximum Gasteiger partial charge on any atom is 0.246 e. The van der Waals surface area contributed by atoms with Crippen molar-refractivity contribution < 1.29 is 17.9 Å². The van der Waals surface area contributed by atoms with Crippen molar-refractivity contribution in [1.29, 1.82) is 0 Å². The van der Waals surface area contributed by atoms with E-state index in [1.54, 1.807) is 6.07 Å². The first-order valence-electron chi connectivity index (χ1n) is 8.71. The highest BCUT2D eigenvalue weighted by Gasteiger charge is 2.23. The van der Waals surface area contributed by atoms with Gasteiger partial charge in [-0.1, -0.05) is 30.3 Å². The van der Waals surface area contributed by atoms with Crippen LogP contribution in [-0.4, -0.2) is 44.8 Å². The zero-order valence-electron chi connectivity index (χ0n) is 16.2. The van der Waals surface area contributed by atoms with Gasteiger partial charge in [-0.3, -0.25) is 4.79 Å². The van der Waals surface area contributed by atoms with Crippen LogP contribution in [0.25, 0.3) is 10.6 Å².